The molecule has 0 aromatic heterocycles. The highest BCUT2D eigenvalue weighted by Crippen LogP contribution is 2.76. The summed E-state index contributed by atoms with van der Waals surface area (Å²) in [5.41, 5.74) is -2.01. The number of aliphatic carboxylic acids is 1. The molecule has 0 spiro atoms. The summed E-state index contributed by atoms with van der Waals surface area (Å²) in [7, 11) is 0. The van der Waals surface area contributed by atoms with Gasteiger partial charge in [0.25, 0.3) is 0 Å². The first-order chi connectivity index (χ1) is 36.0. The number of carboxylic acid groups (broad SMARTS) is 1. The largest absolute Gasteiger partial charge is 0.508 e. The van der Waals surface area contributed by atoms with Crippen LogP contribution in [-0.2, 0) is 47.5 Å². The molecule has 23 unspecified atom stereocenters. The van der Waals surface area contributed by atoms with Gasteiger partial charge in [0.15, 0.2) is 24.8 Å². The number of rotatable bonds is 11. The van der Waals surface area contributed by atoms with E-state index in [0.29, 0.717) is 44.1 Å². The van der Waals surface area contributed by atoms with Crippen molar-refractivity contribution < 1.29 is 104 Å². The molecule has 8 aliphatic rings. The maximum Gasteiger partial charge on any atom is 0.335 e. The Morgan fingerprint density at radius 2 is 1.42 bits per heavy atom. The van der Waals surface area contributed by atoms with Crippen molar-refractivity contribution in [3.63, 3.8) is 0 Å². The van der Waals surface area contributed by atoms with Crippen LogP contribution < -0.4 is 0 Å². The van der Waals surface area contributed by atoms with Crippen LogP contribution >= 0.6 is 0 Å². The summed E-state index contributed by atoms with van der Waals surface area (Å²) in [4.78, 5) is 40.7. The smallest absolute Gasteiger partial charge is 0.335 e. The van der Waals surface area contributed by atoms with E-state index in [4.69, 9.17) is 33.2 Å². The third-order valence-electron chi connectivity index (χ3n) is 20.4. The molecule has 3 saturated heterocycles. The fourth-order valence-electron chi connectivity index (χ4n) is 15.9. The van der Waals surface area contributed by atoms with Crippen LogP contribution in [0.15, 0.2) is 42.0 Å². The number of aromatic hydroxyl groups is 1. The van der Waals surface area contributed by atoms with Crippen molar-refractivity contribution in [3.05, 3.63) is 47.6 Å². The van der Waals surface area contributed by atoms with Gasteiger partial charge in [-0.3, -0.25) is 4.79 Å². The number of carbonyl (C=O) groups excluding carboxylic acids is 2. The summed E-state index contributed by atoms with van der Waals surface area (Å²) in [5, 5.41) is 118. The van der Waals surface area contributed by atoms with E-state index in [2.05, 4.69) is 54.5 Å². The number of phenolic OH excluding ortho intramolecular Hbond substituents is 1. The van der Waals surface area contributed by atoms with Crippen molar-refractivity contribution >= 4 is 24.0 Å². The minimum absolute atomic E-state index is 0.00419. The lowest BCUT2D eigenvalue weighted by molar-refractivity contribution is -0.374. The summed E-state index contributed by atoms with van der Waals surface area (Å²) in [6.45, 7) is 14.1. The van der Waals surface area contributed by atoms with Crippen LogP contribution in [0.1, 0.15) is 112 Å². The Balaban J connectivity index is 0.965. The van der Waals surface area contributed by atoms with Gasteiger partial charge in [-0.1, -0.05) is 72.2 Å². The Labute approximate surface area is 447 Å². The van der Waals surface area contributed by atoms with Crippen molar-refractivity contribution in [1.82, 2.24) is 0 Å². The Kier molecular flexibility index (Phi) is 15.8. The molecule has 0 bridgehead atoms. The fourth-order valence-corrected chi connectivity index (χ4v) is 15.9. The predicted molar refractivity (Wildman–Crippen MR) is 267 cm³/mol. The number of hydrogen-bond acceptors (Lipinski definition) is 20. The number of fused-ring (bicyclic) bond motifs is 7. The molecule has 3 aliphatic heterocycles. The number of hydrogen-bond donors (Lipinski definition) is 11. The third kappa shape index (κ3) is 9.78. The number of allylic oxidation sites excluding steroid dienone is 2. The minimum atomic E-state index is -2.01. The maximum absolute atomic E-state index is 15.2. The van der Waals surface area contributed by atoms with E-state index in [0.717, 1.165) is 18.1 Å². The molecule has 1 aromatic rings. The molecular weight excluding hydrogens is 1010 g/mol. The first-order valence-electron chi connectivity index (χ1n) is 27.2. The van der Waals surface area contributed by atoms with E-state index >= 15 is 4.79 Å². The highest BCUT2D eigenvalue weighted by atomic mass is 16.8. The van der Waals surface area contributed by atoms with Gasteiger partial charge in [-0.25, -0.2) is 9.59 Å². The van der Waals surface area contributed by atoms with Gasteiger partial charge in [0.1, 0.15) is 66.1 Å². The van der Waals surface area contributed by atoms with E-state index in [1.807, 2.05) is 0 Å². The van der Waals surface area contributed by atoms with E-state index in [9.17, 15) is 65.8 Å². The number of carbonyl (C=O) groups is 3. The molecule has 0 radical (unpaired) electrons. The van der Waals surface area contributed by atoms with Crippen LogP contribution in [-0.4, -0.2) is 186 Å². The predicted octanol–water partition coefficient (Wildman–Crippen LogP) is 1.81. The van der Waals surface area contributed by atoms with Crippen LogP contribution in [0.4, 0.5) is 0 Å². The summed E-state index contributed by atoms with van der Waals surface area (Å²) in [6, 6.07) is 6.05. The molecule has 77 heavy (non-hydrogen) atoms. The van der Waals surface area contributed by atoms with Crippen LogP contribution in [0.2, 0.25) is 0 Å². The van der Waals surface area contributed by atoms with Crippen molar-refractivity contribution in [3.8, 4) is 5.75 Å². The number of phenols is 1. The number of carboxylic acids is 1. The zero-order valence-corrected chi connectivity index (χ0v) is 44.8. The standard InChI is InChI=1S/C56H80O21/c1-51(2)20-21-56(50(70)77-48-44(37(62)30(59)25-71-48)74-36(61)15-10-26-8-11-27(58)12-9-26)29(22-51)28-13-14-33-53(5)18-17-35(52(3,4)32(53)16-19-54(33,6)55(28,7)23-34(56)60)73-49-45(41(66)40(65)43(75-49)46(68)69)76-47-42(67)39(64)38(63)31(24-57)72-47/h8-13,15,29-35,37-45,47-49,57-60,62-67H,14,16-25H2,1-7H3,(H,68,69). The van der Waals surface area contributed by atoms with Crippen molar-refractivity contribution in [2.75, 3.05) is 13.2 Å². The van der Waals surface area contributed by atoms with Gasteiger partial charge in [-0.2, -0.15) is 0 Å². The second kappa shape index (κ2) is 21.0. The SMILES string of the molecule is CC1(C)CCC2(C(=O)OC3OCC(O)C(O)C3OC(=O)C=Cc3ccc(O)cc3)C(O)CC3(C)C(=CCC4C5(C)CCC(OC6OC(C(=O)O)C(O)C(O)C6OC6OC(CO)C(O)C(O)C6O)C(C)(C)C5CCC43C)C2C1. The summed E-state index contributed by atoms with van der Waals surface area (Å²) in [6.07, 6.45) is -16.3. The van der Waals surface area contributed by atoms with Gasteiger partial charge in [-0.15, -0.1) is 0 Å². The molecule has 430 valence electrons. The van der Waals surface area contributed by atoms with Crippen LogP contribution in [0, 0.1) is 50.2 Å². The molecular formula is C56H80O21. The molecule has 4 saturated carbocycles. The zero-order valence-electron chi connectivity index (χ0n) is 44.8. The minimum Gasteiger partial charge on any atom is -0.508 e. The van der Waals surface area contributed by atoms with Gasteiger partial charge < -0.3 is 89.3 Å². The van der Waals surface area contributed by atoms with Crippen molar-refractivity contribution in [1.29, 1.82) is 0 Å². The zero-order chi connectivity index (χ0) is 56.1. The molecule has 7 fully saturated rings. The number of esters is 2. The van der Waals surface area contributed by atoms with E-state index in [1.54, 1.807) is 12.1 Å². The first-order valence-corrected chi connectivity index (χ1v) is 27.2. The van der Waals surface area contributed by atoms with Gasteiger partial charge >= 0.3 is 17.9 Å². The van der Waals surface area contributed by atoms with Gasteiger partial charge in [0.05, 0.1) is 25.4 Å². The number of benzene rings is 1. The second-order valence-electron chi connectivity index (χ2n) is 25.5. The molecule has 21 heteroatoms. The summed E-state index contributed by atoms with van der Waals surface area (Å²) >= 11 is 0. The van der Waals surface area contributed by atoms with Crippen LogP contribution in [0.3, 0.4) is 0 Å². The number of aliphatic hydroxyl groups is 9. The molecule has 0 amide bonds. The lowest BCUT2D eigenvalue weighted by atomic mass is 9.33. The highest BCUT2D eigenvalue weighted by Gasteiger charge is 2.72. The van der Waals surface area contributed by atoms with Crippen LogP contribution in [0.5, 0.6) is 5.75 Å². The van der Waals surface area contributed by atoms with Gasteiger partial charge in [0.2, 0.25) is 6.29 Å². The molecule has 1 aromatic carbocycles. The topological polar surface area (TPSA) is 338 Å². The Morgan fingerprint density at radius 1 is 0.714 bits per heavy atom. The van der Waals surface area contributed by atoms with Gasteiger partial charge in [0, 0.05) is 6.08 Å². The molecule has 11 N–H and O–H groups in total. The number of ether oxygens (including phenoxy) is 7. The van der Waals surface area contributed by atoms with E-state index < -0.39 is 157 Å². The monoisotopic (exact) mass is 1090 g/mol. The maximum atomic E-state index is 15.2. The third-order valence-corrected chi connectivity index (χ3v) is 20.4. The van der Waals surface area contributed by atoms with E-state index in [1.165, 1.54) is 18.2 Å². The molecule has 21 nitrogen and oxygen atoms in total. The Morgan fingerprint density at radius 3 is 2.09 bits per heavy atom. The summed E-state index contributed by atoms with van der Waals surface area (Å²) < 4.78 is 41.7. The number of aliphatic hydroxyl groups excluding tert-OH is 9. The molecule has 23 atom stereocenters. The van der Waals surface area contributed by atoms with E-state index in [-0.39, 0.29) is 41.3 Å². The average Bonchev–Trinajstić information content (AvgIpc) is 3.45. The normalized spacial score (nSPS) is 47.3. The summed E-state index contributed by atoms with van der Waals surface area (Å²) in [5.74, 6) is -3.60. The second-order valence-corrected chi connectivity index (χ2v) is 25.5. The molecule has 9 rings (SSSR count). The van der Waals surface area contributed by atoms with Crippen molar-refractivity contribution in [2.45, 2.75) is 204 Å². The lowest BCUT2D eigenvalue weighted by Crippen LogP contribution is -2.68. The average molecular weight is 1090 g/mol. The van der Waals surface area contributed by atoms with Gasteiger partial charge in [-0.05, 0) is 126 Å². The van der Waals surface area contributed by atoms with Crippen LogP contribution in [0.25, 0.3) is 6.08 Å². The Hall–Kier alpha value is -3.65. The fraction of sp³-hybridized carbons (Fsp3) is 0.768. The first kappa shape index (κ1) is 58.0. The van der Waals surface area contributed by atoms with Crippen molar-refractivity contribution in [2.24, 2.45) is 50.2 Å². The molecule has 5 aliphatic carbocycles. The quantitative estimate of drug-likeness (QED) is 0.0651. The highest BCUT2D eigenvalue weighted by molar-refractivity contribution is 5.87. The Bertz CT molecular complexity index is 2410. The lowest BCUT2D eigenvalue weighted by Gasteiger charge is -2.71. The molecule has 3 heterocycles.